The van der Waals surface area contributed by atoms with Gasteiger partial charge in [-0.25, -0.2) is 9.97 Å². The molecule has 3 nitrogen and oxygen atoms in total. The third-order valence-electron chi connectivity index (χ3n) is 2.69. The fourth-order valence-electron chi connectivity index (χ4n) is 1.69. The molecule has 0 aliphatic heterocycles. The van der Waals surface area contributed by atoms with Crippen LogP contribution in [0.15, 0.2) is 24.5 Å². The van der Waals surface area contributed by atoms with Crippen LogP contribution in [0.3, 0.4) is 0 Å². The molecule has 0 unspecified atom stereocenters. The van der Waals surface area contributed by atoms with Gasteiger partial charge >= 0.3 is 12.4 Å². The van der Waals surface area contributed by atoms with Gasteiger partial charge in [-0.15, -0.1) is 0 Å². The van der Waals surface area contributed by atoms with Crippen LogP contribution >= 0.6 is 11.6 Å². The molecule has 0 radical (unpaired) electrons. The van der Waals surface area contributed by atoms with Crippen LogP contribution in [0.4, 0.5) is 32.0 Å². The van der Waals surface area contributed by atoms with Crippen molar-refractivity contribution in [1.29, 1.82) is 0 Å². The highest BCUT2D eigenvalue weighted by Gasteiger charge is 2.37. The summed E-state index contributed by atoms with van der Waals surface area (Å²) in [5, 5.41) is -0.916. The Morgan fingerprint density at radius 2 is 1.59 bits per heavy atom. The first kappa shape index (κ1) is 16.3. The molecule has 0 saturated carbocycles. The highest BCUT2D eigenvalue weighted by atomic mass is 35.5. The number of alkyl halides is 6. The molecule has 2 rings (SSSR count). The molecule has 22 heavy (non-hydrogen) atoms. The normalized spacial score (nSPS) is 12.5. The largest absolute Gasteiger partial charge is 0.434 e. The number of anilines is 1. The molecule has 0 saturated heterocycles. The zero-order valence-corrected chi connectivity index (χ0v) is 11.2. The smallest absolute Gasteiger partial charge is 0.398 e. The Bertz CT molecular complexity index is 711. The van der Waals surface area contributed by atoms with E-state index in [4.69, 9.17) is 17.3 Å². The van der Waals surface area contributed by atoms with E-state index in [1.54, 1.807) is 0 Å². The van der Waals surface area contributed by atoms with E-state index in [-0.39, 0.29) is 11.3 Å². The van der Waals surface area contributed by atoms with Gasteiger partial charge in [0.25, 0.3) is 0 Å². The lowest BCUT2D eigenvalue weighted by Gasteiger charge is -2.14. The average Bonchev–Trinajstić information content (AvgIpc) is 2.37. The molecular formula is C12H6ClF6N3. The summed E-state index contributed by atoms with van der Waals surface area (Å²) in [5.41, 5.74) is 1.93. The SMILES string of the molecule is Nc1ccc(C(F)(F)F)cc1-c1ncnc(C(F)(F)F)c1Cl. The molecule has 0 amide bonds. The lowest BCUT2D eigenvalue weighted by Crippen LogP contribution is -2.11. The number of hydrogen-bond acceptors (Lipinski definition) is 3. The van der Waals surface area contributed by atoms with Gasteiger partial charge in [0.1, 0.15) is 6.33 Å². The van der Waals surface area contributed by atoms with E-state index in [1.165, 1.54) is 0 Å². The summed E-state index contributed by atoms with van der Waals surface area (Å²) in [6.45, 7) is 0. The molecule has 0 spiro atoms. The summed E-state index contributed by atoms with van der Waals surface area (Å²) in [7, 11) is 0. The van der Waals surface area contributed by atoms with Crippen molar-refractivity contribution in [3.63, 3.8) is 0 Å². The molecule has 1 heterocycles. The van der Waals surface area contributed by atoms with Crippen LogP contribution in [-0.2, 0) is 12.4 Å². The van der Waals surface area contributed by atoms with E-state index < -0.39 is 34.3 Å². The van der Waals surface area contributed by atoms with Crippen molar-refractivity contribution in [3.8, 4) is 11.3 Å². The van der Waals surface area contributed by atoms with Crippen LogP contribution in [0.25, 0.3) is 11.3 Å². The summed E-state index contributed by atoms with van der Waals surface area (Å²) in [4.78, 5) is 6.52. The standard InChI is InChI=1S/C12H6ClF6N3/c13-8-9(21-4-22-10(8)12(17,18)19)6-3-5(11(14,15)16)1-2-7(6)20/h1-4H,20H2. The first-order chi connectivity index (χ1) is 10.0. The summed E-state index contributed by atoms with van der Waals surface area (Å²) >= 11 is 5.58. The second-order valence-electron chi connectivity index (χ2n) is 4.18. The zero-order valence-electron chi connectivity index (χ0n) is 10.4. The van der Waals surface area contributed by atoms with Gasteiger partial charge in [0.2, 0.25) is 0 Å². The fraction of sp³-hybridized carbons (Fsp3) is 0.167. The predicted octanol–water partition coefficient (Wildman–Crippen LogP) is 4.42. The molecule has 2 aromatic rings. The molecule has 0 atom stereocenters. The minimum atomic E-state index is -4.87. The number of benzene rings is 1. The topological polar surface area (TPSA) is 51.8 Å². The third-order valence-corrected chi connectivity index (χ3v) is 3.05. The van der Waals surface area contributed by atoms with Crippen LogP contribution in [0, 0.1) is 0 Å². The van der Waals surface area contributed by atoms with E-state index in [0.29, 0.717) is 18.5 Å². The van der Waals surface area contributed by atoms with Crippen molar-refractivity contribution < 1.29 is 26.3 Å². The van der Waals surface area contributed by atoms with Gasteiger partial charge in [-0.3, -0.25) is 0 Å². The first-order valence-corrected chi connectivity index (χ1v) is 5.94. The van der Waals surface area contributed by atoms with Crippen LogP contribution in [-0.4, -0.2) is 9.97 Å². The van der Waals surface area contributed by atoms with E-state index in [1.807, 2.05) is 0 Å². The summed E-state index contributed by atoms with van der Waals surface area (Å²) in [5.74, 6) is 0. The monoisotopic (exact) mass is 341 g/mol. The summed E-state index contributed by atoms with van der Waals surface area (Å²) in [6, 6.07) is 2.21. The van der Waals surface area contributed by atoms with Crippen LogP contribution in [0.5, 0.6) is 0 Å². The number of nitrogens with zero attached hydrogens (tertiary/aromatic N) is 2. The Kier molecular flexibility index (Phi) is 3.94. The van der Waals surface area contributed by atoms with Gasteiger partial charge < -0.3 is 5.73 Å². The molecule has 0 aliphatic carbocycles. The highest BCUT2D eigenvalue weighted by Crippen LogP contribution is 2.40. The molecule has 0 aliphatic rings. The minimum absolute atomic E-state index is 0.193. The molecular weight excluding hydrogens is 336 g/mol. The number of halogens is 7. The lowest BCUT2D eigenvalue weighted by molar-refractivity contribution is -0.141. The Balaban J connectivity index is 2.67. The molecule has 2 N–H and O–H groups in total. The maximum absolute atomic E-state index is 12.7. The average molecular weight is 342 g/mol. The first-order valence-electron chi connectivity index (χ1n) is 5.56. The number of nitrogen functional groups attached to an aromatic ring is 1. The van der Waals surface area contributed by atoms with E-state index in [2.05, 4.69) is 9.97 Å². The predicted molar refractivity (Wildman–Crippen MR) is 66.9 cm³/mol. The van der Waals surface area contributed by atoms with Gasteiger partial charge in [0, 0.05) is 11.3 Å². The Morgan fingerprint density at radius 1 is 0.955 bits per heavy atom. The number of nitrogens with two attached hydrogens (primary N) is 1. The molecule has 10 heteroatoms. The van der Waals surface area contributed by atoms with Crippen molar-refractivity contribution in [3.05, 3.63) is 40.8 Å². The highest BCUT2D eigenvalue weighted by molar-refractivity contribution is 6.33. The van der Waals surface area contributed by atoms with Gasteiger partial charge in [0.15, 0.2) is 5.69 Å². The van der Waals surface area contributed by atoms with Crippen LogP contribution in [0.1, 0.15) is 11.3 Å². The Hall–Kier alpha value is -2.03. The van der Waals surface area contributed by atoms with E-state index in [9.17, 15) is 26.3 Å². The second-order valence-corrected chi connectivity index (χ2v) is 4.56. The Morgan fingerprint density at radius 3 is 2.14 bits per heavy atom. The Labute approximate surface area is 124 Å². The summed E-state index contributed by atoms with van der Waals surface area (Å²) in [6.07, 6.45) is -9.00. The minimum Gasteiger partial charge on any atom is -0.398 e. The second kappa shape index (κ2) is 5.31. The molecule has 0 bridgehead atoms. The molecule has 1 aromatic carbocycles. The van der Waals surface area contributed by atoms with Crippen molar-refractivity contribution in [2.45, 2.75) is 12.4 Å². The van der Waals surface area contributed by atoms with Crippen LogP contribution in [0.2, 0.25) is 5.02 Å². The fourth-order valence-corrected chi connectivity index (χ4v) is 2.00. The van der Waals surface area contributed by atoms with Crippen molar-refractivity contribution in [2.75, 3.05) is 5.73 Å². The van der Waals surface area contributed by atoms with Crippen molar-refractivity contribution in [1.82, 2.24) is 9.97 Å². The zero-order chi connectivity index (χ0) is 16.7. The molecule has 0 fully saturated rings. The van der Waals surface area contributed by atoms with Crippen LogP contribution < -0.4 is 5.73 Å². The number of rotatable bonds is 1. The van der Waals surface area contributed by atoms with Gasteiger partial charge in [-0.2, -0.15) is 26.3 Å². The van der Waals surface area contributed by atoms with Crippen molar-refractivity contribution >= 4 is 17.3 Å². The van der Waals surface area contributed by atoms with Gasteiger partial charge in [0.05, 0.1) is 16.3 Å². The maximum atomic E-state index is 12.7. The molecule has 1 aromatic heterocycles. The maximum Gasteiger partial charge on any atom is 0.434 e. The lowest BCUT2D eigenvalue weighted by atomic mass is 10.0. The molecule has 118 valence electrons. The quantitative estimate of drug-likeness (QED) is 0.617. The van der Waals surface area contributed by atoms with Gasteiger partial charge in [-0.05, 0) is 18.2 Å². The van der Waals surface area contributed by atoms with Gasteiger partial charge in [-0.1, -0.05) is 11.6 Å². The summed E-state index contributed by atoms with van der Waals surface area (Å²) < 4.78 is 76.3. The third kappa shape index (κ3) is 3.08. The van der Waals surface area contributed by atoms with E-state index >= 15 is 0 Å². The van der Waals surface area contributed by atoms with E-state index in [0.717, 1.165) is 6.07 Å². The van der Waals surface area contributed by atoms with Crippen molar-refractivity contribution in [2.24, 2.45) is 0 Å². The number of aromatic nitrogens is 2. The number of hydrogen-bond donors (Lipinski definition) is 1.